The van der Waals surface area contributed by atoms with E-state index in [9.17, 15) is 0 Å². The normalized spacial score (nSPS) is 11.9. The molecule has 0 spiro atoms. The molecule has 4 heterocycles. The van der Waals surface area contributed by atoms with E-state index < -0.39 is 0 Å². The fourth-order valence-electron chi connectivity index (χ4n) is 11.1. The molecule has 6 heteroatoms. The first-order valence-corrected chi connectivity index (χ1v) is 24.0. The Labute approximate surface area is 407 Å². The molecule has 15 aromatic rings. The maximum absolute atomic E-state index is 7.19. The quantitative estimate of drug-likeness (QED) is 0.167. The van der Waals surface area contributed by atoms with E-state index in [4.69, 9.17) is 19.4 Å². The summed E-state index contributed by atoms with van der Waals surface area (Å²) in [5.74, 6) is 1.64. The van der Waals surface area contributed by atoms with Crippen molar-refractivity contribution in [1.82, 2.24) is 24.1 Å². The molecule has 330 valence electrons. The van der Waals surface area contributed by atoms with Crippen molar-refractivity contribution in [3.8, 4) is 56.7 Å². The number of para-hydroxylation sites is 4. The topological polar surface area (TPSA) is 61.7 Å². The largest absolute Gasteiger partial charge is 0.455 e. The van der Waals surface area contributed by atoms with Gasteiger partial charge < -0.3 is 13.6 Å². The minimum atomic E-state index is 0.512. The van der Waals surface area contributed by atoms with Gasteiger partial charge in [-0.3, -0.25) is 0 Å². The fraction of sp³-hybridized carbons (Fsp3) is 0. The third-order valence-electron chi connectivity index (χ3n) is 14.3. The van der Waals surface area contributed by atoms with Crippen LogP contribution < -0.4 is 0 Å². The minimum absolute atomic E-state index is 0.512. The smallest absolute Gasteiger partial charge is 0.167 e. The van der Waals surface area contributed by atoms with Crippen molar-refractivity contribution in [2.75, 3.05) is 0 Å². The van der Waals surface area contributed by atoms with E-state index in [0.717, 1.165) is 99.2 Å². The summed E-state index contributed by atoms with van der Waals surface area (Å²) in [4.78, 5) is 16.5. The molecule has 15 rings (SSSR count). The Morgan fingerprint density at radius 1 is 0.282 bits per heavy atom. The number of hydrogen-bond donors (Lipinski definition) is 0. The lowest BCUT2D eigenvalue weighted by atomic mass is 10.0. The predicted octanol–water partition coefficient (Wildman–Crippen LogP) is 16.9. The lowest BCUT2D eigenvalue weighted by molar-refractivity contribution is 0.673. The zero-order valence-electron chi connectivity index (χ0n) is 38.2. The summed E-state index contributed by atoms with van der Waals surface area (Å²) in [5.41, 5.74) is 12.7. The Balaban J connectivity index is 1.05. The maximum Gasteiger partial charge on any atom is 0.167 e. The van der Waals surface area contributed by atoms with Gasteiger partial charge in [-0.15, -0.1) is 0 Å². The molecule has 4 aromatic heterocycles. The summed E-state index contributed by atoms with van der Waals surface area (Å²) in [5, 5.41) is 11.2. The molecular weight excluding hydrogens is 867 g/mol. The van der Waals surface area contributed by atoms with Gasteiger partial charge in [0.25, 0.3) is 0 Å². The molecule has 0 aliphatic rings. The summed E-state index contributed by atoms with van der Waals surface area (Å²) < 4.78 is 11.9. The monoisotopic (exact) mass is 905 g/mol. The van der Waals surface area contributed by atoms with Crippen molar-refractivity contribution in [3.05, 3.63) is 237 Å². The van der Waals surface area contributed by atoms with E-state index in [1.807, 2.05) is 6.07 Å². The second-order valence-electron chi connectivity index (χ2n) is 18.3. The zero-order chi connectivity index (χ0) is 46.6. The predicted molar refractivity (Wildman–Crippen MR) is 293 cm³/mol. The SMILES string of the molecule is c1ccc(-c2ccc(-c3nc(-c4cc(-n5c6ccccc6c6cc7ccccc7cc65)cc5c4oc4c6ccccc6ccc54)nc(-c4cccc5c6ccccc6n(-c6ccccc6)c45)n3)cc2)cc1. The number of benzene rings is 11. The molecule has 0 N–H and O–H groups in total. The van der Waals surface area contributed by atoms with Gasteiger partial charge in [0.1, 0.15) is 11.2 Å². The second-order valence-corrected chi connectivity index (χ2v) is 18.3. The highest BCUT2D eigenvalue weighted by Crippen LogP contribution is 2.44. The number of rotatable bonds is 6. The van der Waals surface area contributed by atoms with Crippen molar-refractivity contribution in [2.24, 2.45) is 0 Å². The third-order valence-corrected chi connectivity index (χ3v) is 14.3. The first-order valence-electron chi connectivity index (χ1n) is 24.0. The standard InChI is InChI=1S/C65H39N5O/c1-3-16-40(17-4-1)41-30-32-43(33-31-41)63-66-64(53-27-15-26-51-49-24-11-14-29-58(49)70(60(51)53)46-21-5-2-6-22-46)68-65(67-63)56-39-47(38-55-52-35-34-42-18-9-10-23-48(42)61(52)71-62(55)56)69-57-28-13-12-25-50(57)54-36-44-19-7-8-20-45(44)37-59(54)69/h1-39H. The Morgan fingerprint density at radius 2 is 0.859 bits per heavy atom. The molecule has 6 nitrogen and oxygen atoms in total. The Hall–Kier alpha value is -9.65. The Kier molecular flexibility index (Phi) is 8.56. The van der Waals surface area contributed by atoms with Crippen LogP contribution in [0.15, 0.2) is 241 Å². The molecule has 0 bridgehead atoms. The van der Waals surface area contributed by atoms with Crippen LogP contribution in [0.4, 0.5) is 0 Å². The minimum Gasteiger partial charge on any atom is -0.455 e. The summed E-state index contributed by atoms with van der Waals surface area (Å²) in [7, 11) is 0. The molecule has 0 unspecified atom stereocenters. The van der Waals surface area contributed by atoms with Gasteiger partial charge in [0.2, 0.25) is 0 Å². The van der Waals surface area contributed by atoms with E-state index in [1.54, 1.807) is 0 Å². The van der Waals surface area contributed by atoms with Crippen LogP contribution in [0.3, 0.4) is 0 Å². The number of aromatic nitrogens is 5. The van der Waals surface area contributed by atoms with Crippen LogP contribution in [0.5, 0.6) is 0 Å². The van der Waals surface area contributed by atoms with Crippen LogP contribution in [-0.2, 0) is 0 Å². The van der Waals surface area contributed by atoms with Gasteiger partial charge in [-0.1, -0.05) is 176 Å². The van der Waals surface area contributed by atoms with Crippen molar-refractivity contribution in [1.29, 1.82) is 0 Å². The first-order chi connectivity index (χ1) is 35.2. The average molecular weight is 906 g/mol. The zero-order valence-corrected chi connectivity index (χ0v) is 38.2. The molecule has 0 radical (unpaired) electrons. The molecular formula is C65H39N5O. The van der Waals surface area contributed by atoms with Gasteiger partial charge >= 0.3 is 0 Å². The highest BCUT2D eigenvalue weighted by atomic mass is 16.3. The van der Waals surface area contributed by atoms with Crippen molar-refractivity contribution in [3.63, 3.8) is 0 Å². The molecule has 11 aromatic carbocycles. The van der Waals surface area contributed by atoms with Gasteiger partial charge in [0, 0.05) is 60.2 Å². The van der Waals surface area contributed by atoms with Crippen LogP contribution in [0.25, 0.3) is 144 Å². The summed E-state index contributed by atoms with van der Waals surface area (Å²) >= 11 is 0. The number of nitrogens with zero attached hydrogens (tertiary/aromatic N) is 5. The van der Waals surface area contributed by atoms with Gasteiger partial charge in [0.05, 0.1) is 27.6 Å². The number of furan rings is 1. The van der Waals surface area contributed by atoms with E-state index in [0.29, 0.717) is 23.1 Å². The van der Waals surface area contributed by atoms with Crippen molar-refractivity contribution >= 4 is 87.1 Å². The summed E-state index contributed by atoms with van der Waals surface area (Å²) in [6.45, 7) is 0. The highest BCUT2D eigenvalue weighted by molar-refractivity contribution is 6.19. The average Bonchev–Trinajstić information content (AvgIpc) is 4.10. The van der Waals surface area contributed by atoms with E-state index >= 15 is 0 Å². The van der Waals surface area contributed by atoms with E-state index in [-0.39, 0.29) is 0 Å². The molecule has 0 fully saturated rings. The lowest BCUT2D eigenvalue weighted by Gasteiger charge is -2.14. The van der Waals surface area contributed by atoms with Crippen LogP contribution in [0, 0.1) is 0 Å². The summed E-state index contributed by atoms with van der Waals surface area (Å²) in [6.07, 6.45) is 0. The van der Waals surface area contributed by atoms with E-state index in [1.165, 1.54) is 21.5 Å². The molecule has 0 saturated heterocycles. The van der Waals surface area contributed by atoms with Gasteiger partial charge in [0.15, 0.2) is 17.5 Å². The molecule has 0 saturated carbocycles. The van der Waals surface area contributed by atoms with Gasteiger partial charge in [-0.05, 0) is 87.9 Å². The molecule has 0 amide bonds. The van der Waals surface area contributed by atoms with Crippen LogP contribution >= 0.6 is 0 Å². The Morgan fingerprint density at radius 3 is 1.63 bits per heavy atom. The van der Waals surface area contributed by atoms with Crippen molar-refractivity contribution < 1.29 is 4.42 Å². The molecule has 71 heavy (non-hydrogen) atoms. The Bertz CT molecular complexity index is 4620. The van der Waals surface area contributed by atoms with Gasteiger partial charge in [-0.2, -0.15) is 0 Å². The molecule has 0 aliphatic carbocycles. The lowest BCUT2D eigenvalue weighted by Crippen LogP contribution is -2.03. The van der Waals surface area contributed by atoms with Crippen LogP contribution in [0.2, 0.25) is 0 Å². The van der Waals surface area contributed by atoms with E-state index in [2.05, 4.69) is 240 Å². The molecule has 0 aliphatic heterocycles. The van der Waals surface area contributed by atoms with Crippen LogP contribution in [0.1, 0.15) is 0 Å². The second kappa shape index (κ2) is 15.4. The van der Waals surface area contributed by atoms with Gasteiger partial charge in [-0.25, -0.2) is 15.0 Å². The maximum atomic E-state index is 7.19. The fourth-order valence-corrected chi connectivity index (χ4v) is 11.1. The number of fused-ring (bicyclic) bond motifs is 12. The third kappa shape index (κ3) is 6.11. The summed E-state index contributed by atoms with van der Waals surface area (Å²) in [6, 6.07) is 83.9. The molecule has 0 atom stereocenters. The number of hydrogen-bond acceptors (Lipinski definition) is 4. The first kappa shape index (κ1) is 39.4. The highest BCUT2D eigenvalue weighted by Gasteiger charge is 2.25. The van der Waals surface area contributed by atoms with Crippen molar-refractivity contribution in [2.45, 2.75) is 0 Å². The van der Waals surface area contributed by atoms with Crippen LogP contribution in [-0.4, -0.2) is 24.1 Å².